The molecule has 2 bridgehead atoms. The Bertz CT molecular complexity index is 1140. The zero-order valence-corrected chi connectivity index (χ0v) is 22.4. The first-order valence-electron chi connectivity index (χ1n) is 14.1. The Morgan fingerprint density at radius 2 is 1.95 bits per heavy atom. The van der Waals surface area contributed by atoms with Crippen LogP contribution in [0.1, 0.15) is 76.1 Å². The predicted octanol–water partition coefficient (Wildman–Crippen LogP) is 3.98. The highest BCUT2D eigenvalue weighted by molar-refractivity contribution is 5.97. The van der Waals surface area contributed by atoms with Gasteiger partial charge < -0.3 is 20.1 Å². The fourth-order valence-electron chi connectivity index (χ4n) is 6.73. The van der Waals surface area contributed by atoms with Gasteiger partial charge in [0.25, 0.3) is 5.91 Å². The number of amides is 3. The first kappa shape index (κ1) is 25.7. The van der Waals surface area contributed by atoms with Gasteiger partial charge >= 0.3 is 0 Å². The molecule has 2 aromatic rings. The van der Waals surface area contributed by atoms with Crippen LogP contribution < -0.4 is 5.32 Å². The van der Waals surface area contributed by atoms with Gasteiger partial charge in [0.05, 0.1) is 17.4 Å². The number of nitrogens with zero attached hydrogens (tertiary/aromatic N) is 3. The summed E-state index contributed by atoms with van der Waals surface area (Å²) in [6, 6.07) is 5.86. The van der Waals surface area contributed by atoms with Gasteiger partial charge in [-0.05, 0) is 74.0 Å². The van der Waals surface area contributed by atoms with Crippen molar-refractivity contribution in [3.63, 3.8) is 0 Å². The molecule has 2 N–H and O–H groups in total. The second-order valence-electron chi connectivity index (χ2n) is 12.0. The molecule has 8 heteroatoms. The molecule has 0 spiro atoms. The molecule has 3 aliphatic rings. The predicted molar refractivity (Wildman–Crippen MR) is 143 cm³/mol. The number of fused-ring (bicyclic) bond motifs is 5. The minimum atomic E-state index is 0.0448. The van der Waals surface area contributed by atoms with Gasteiger partial charge in [0.1, 0.15) is 0 Å². The second kappa shape index (κ2) is 10.8. The minimum absolute atomic E-state index is 0.0448. The SMILES string of the molecule is CC(C)[C@@H]1CC[C@@H](C)CC(=O)N2C[C@H]3C[C@@H](CN(C(=O)c4ccc5nc[nH]c5c4)C3)[C@@H]2CCCC(=O)N1. The monoisotopic (exact) mass is 507 g/mol. The highest BCUT2D eigenvalue weighted by Gasteiger charge is 2.43. The number of aromatic amines is 1. The zero-order chi connectivity index (χ0) is 26.1. The molecule has 0 aliphatic carbocycles. The van der Waals surface area contributed by atoms with E-state index in [9.17, 15) is 14.4 Å². The van der Waals surface area contributed by atoms with Crippen LogP contribution in [0.15, 0.2) is 24.5 Å². The van der Waals surface area contributed by atoms with E-state index >= 15 is 0 Å². The van der Waals surface area contributed by atoms with Gasteiger partial charge in [0.15, 0.2) is 0 Å². The molecule has 5 rings (SSSR count). The van der Waals surface area contributed by atoms with E-state index < -0.39 is 0 Å². The van der Waals surface area contributed by atoms with Crippen LogP contribution in [0.2, 0.25) is 0 Å². The van der Waals surface area contributed by atoms with E-state index in [1.165, 1.54) is 0 Å². The fourth-order valence-corrected chi connectivity index (χ4v) is 6.73. The number of rotatable bonds is 2. The maximum atomic E-state index is 13.6. The van der Waals surface area contributed by atoms with Crippen molar-refractivity contribution >= 4 is 28.8 Å². The van der Waals surface area contributed by atoms with Crippen LogP contribution in [0.3, 0.4) is 0 Å². The summed E-state index contributed by atoms with van der Waals surface area (Å²) in [4.78, 5) is 51.3. The second-order valence-corrected chi connectivity index (χ2v) is 12.0. The van der Waals surface area contributed by atoms with Crippen molar-refractivity contribution in [2.45, 2.75) is 77.8 Å². The first-order valence-corrected chi connectivity index (χ1v) is 14.1. The average molecular weight is 508 g/mol. The van der Waals surface area contributed by atoms with Gasteiger partial charge in [-0.25, -0.2) is 4.98 Å². The van der Waals surface area contributed by atoms with Crippen molar-refractivity contribution in [3.05, 3.63) is 30.1 Å². The van der Waals surface area contributed by atoms with Crippen molar-refractivity contribution in [3.8, 4) is 0 Å². The molecule has 37 heavy (non-hydrogen) atoms. The zero-order valence-electron chi connectivity index (χ0n) is 22.4. The standard InChI is InChI=1S/C29H41N5O3/c1-18(2)23-9-7-19(3)11-28(36)34-15-20-12-22(26(34)5-4-6-27(35)32-23)16-33(14-20)29(37)21-8-10-24-25(13-21)31-17-30-24/h8,10,13,17-20,22-23,26H,4-7,9,11-12,14-16H2,1-3H3,(H,30,31)(H,32,35)/t19-,20+,22+,23+,26+/m1/s1. The largest absolute Gasteiger partial charge is 0.353 e. The number of carbonyl (C=O) groups excluding carboxylic acids is 3. The maximum Gasteiger partial charge on any atom is 0.253 e. The van der Waals surface area contributed by atoms with Crippen LogP contribution in [-0.4, -0.2) is 69.2 Å². The molecule has 3 aliphatic heterocycles. The number of hydrogen-bond acceptors (Lipinski definition) is 4. The van der Waals surface area contributed by atoms with Gasteiger partial charge in [-0.15, -0.1) is 0 Å². The smallest absolute Gasteiger partial charge is 0.253 e. The number of likely N-dealkylation sites (tertiary alicyclic amines) is 1. The third kappa shape index (κ3) is 5.68. The highest BCUT2D eigenvalue weighted by atomic mass is 16.2. The Balaban J connectivity index is 1.33. The highest BCUT2D eigenvalue weighted by Crippen LogP contribution is 2.37. The number of imidazole rings is 1. The van der Waals surface area contributed by atoms with E-state index in [1.807, 2.05) is 23.1 Å². The molecule has 0 unspecified atom stereocenters. The van der Waals surface area contributed by atoms with Crippen molar-refractivity contribution in [1.29, 1.82) is 0 Å². The summed E-state index contributed by atoms with van der Waals surface area (Å²) in [5.74, 6) is 1.59. The van der Waals surface area contributed by atoms with Gasteiger partial charge in [-0.3, -0.25) is 14.4 Å². The van der Waals surface area contributed by atoms with Crippen LogP contribution in [0.4, 0.5) is 0 Å². The van der Waals surface area contributed by atoms with E-state index in [1.54, 1.807) is 6.33 Å². The Hall–Kier alpha value is -2.90. The number of aromatic nitrogens is 2. The van der Waals surface area contributed by atoms with Gasteiger partial charge in [0, 0.05) is 50.1 Å². The van der Waals surface area contributed by atoms with Gasteiger partial charge in [-0.1, -0.05) is 20.8 Å². The number of piperidine rings is 2. The number of H-pyrrole nitrogens is 1. The lowest BCUT2D eigenvalue weighted by atomic mass is 9.77. The molecule has 4 heterocycles. The van der Waals surface area contributed by atoms with E-state index in [0.29, 0.717) is 49.9 Å². The van der Waals surface area contributed by atoms with E-state index in [2.05, 4.69) is 41.0 Å². The number of nitrogens with one attached hydrogen (secondary N) is 2. The molecule has 0 radical (unpaired) electrons. The summed E-state index contributed by atoms with van der Waals surface area (Å²) in [5.41, 5.74) is 2.38. The molecule has 0 saturated carbocycles. The molecular weight excluding hydrogens is 466 g/mol. The number of benzene rings is 1. The van der Waals surface area contributed by atoms with Crippen LogP contribution in [0.5, 0.6) is 0 Å². The maximum absolute atomic E-state index is 13.6. The van der Waals surface area contributed by atoms with Crippen LogP contribution in [0, 0.1) is 23.7 Å². The Morgan fingerprint density at radius 1 is 1.11 bits per heavy atom. The Morgan fingerprint density at radius 3 is 2.76 bits per heavy atom. The molecule has 3 saturated heterocycles. The fraction of sp³-hybridized carbons (Fsp3) is 0.655. The Labute approximate surface area is 219 Å². The van der Waals surface area contributed by atoms with Gasteiger partial charge in [-0.2, -0.15) is 0 Å². The van der Waals surface area contributed by atoms with Crippen LogP contribution >= 0.6 is 0 Å². The molecule has 8 nitrogen and oxygen atoms in total. The van der Waals surface area contributed by atoms with Crippen molar-refractivity contribution in [2.24, 2.45) is 23.7 Å². The van der Waals surface area contributed by atoms with E-state index in [0.717, 1.165) is 43.1 Å². The Kier molecular flexibility index (Phi) is 7.54. The lowest BCUT2D eigenvalue weighted by Crippen LogP contribution is -2.60. The molecule has 3 amide bonds. The van der Waals surface area contributed by atoms with Crippen molar-refractivity contribution in [1.82, 2.24) is 25.1 Å². The summed E-state index contributed by atoms with van der Waals surface area (Å²) in [7, 11) is 0. The lowest BCUT2D eigenvalue weighted by molar-refractivity contribution is -0.141. The molecule has 1 aromatic heterocycles. The molecule has 200 valence electrons. The molecule has 3 fully saturated rings. The lowest BCUT2D eigenvalue weighted by Gasteiger charge is -2.51. The van der Waals surface area contributed by atoms with E-state index in [-0.39, 0.29) is 41.6 Å². The first-order chi connectivity index (χ1) is 17.8. The molecular formula is C29H41N5O3. The minimum Gasteiger partial charge on any atom is -0.353 e. The third-order valence-corrected chi connectivity index (χ3v) is 8.79. The van der Waals surface area contributed by atoms with Crippen LogP contribution in [-0.2, 0) is 9.59 Å². The summed E-state index contributed by atoms with van der Waals surface area (Å²) < 4.78 is 0. The summed E-state index contributed by atoms with van der Waals surface area (Å²) in [5, 5.41) is 3.26. The topological polar surface area (TPSA) is 98.4 Å². The van der Waals surface area contributed by atoms with Crippen molar-refractivity contribution in [2.75, 3.05) is 19.6 Å². The summed E-state index contributed by atoms with van der Waals surface area (Å²) in [6.07, 6.45) is 7.13. The number of carbonyl (C=O) groups is 3. The van der Waals surface area contributed by atoms with E-state index in [4.69, 9.17) is 0 Å². The summed E-state index contributed by atoms with van der Waals surface area (Å²) in [6.45, 7) is 8.51. The van der Waals surface area contributed by atoms with Crippen molar-refractivity contribution < 1.29 is 14.4 Å². The number of hydrogen-bond donors (Lipinski definition) is 2. The third-order valence-electron chi connectivity index (χ3n) is 8.79. The van der Waals surface area contributed by atoms with Crippen LogP contribution in [0.25, 0.3) is 11.0 Å². The van der Waals surface area contributed by atoms with Gasteiger partial charge in [0.2, 0.25) is 11.8 Å². The normalized spacial score (nSPS) is 29.8. The molecule has 1 aromatic carbocycles. The quantitative estimate of drug-likeness (QED) is 0.642. The molecule has 5 atom stereocenters. The summed E-state index contributed by atoms with van der Waals surface area (Å²) >= 11 is 0. The average Bonchev–Trinajstić information content (AvgIpc) is 3.34.